The Balaban J connectivity index is 0.000000105. The standard InChI is InChI=1S/C2H5N.O3S/c1-2-3-1;1-4(2)3/h3H,1-2H2;. The molecule has 0 unspecified atom stereocenters. The van der Waals surface area contributed by atoms with Gasteiger partial charge in [0.15, 0.2) is 0 Å². The third-order valence-electron chi connectivity index (χ3n) is 0.250. The van der Waals surface area contributed by atoms with Crippen molar-refractivity contribution < 1.29 is 12.6 Å². The molecule has 1 rings (SSSR count). The second-order valence-corrected chi connectivity index (χ2v) is 1.36. The van der Waals surface area contributed by atoms with E-state index in [4.69, 9.17) is 12.6 Å². The van der Waals surface area contributed by atoms with Crippen LogP contribution in [-0.2, 0) is 10.6 Å². The molecule has 0 aromatic rings. The molecule has 0 radical (unpaired) electrons. The van der Waals surface area contributed by atoms with E-state index in [-0.39, 0.29) is 0 Å². The molecule has 0 aliphatic carbocycles. The Morgan fingerprint density at radius 2 is 1.29 bits per heavy atom. The van der Waals surface area contributed by atoms with E-state index in [9.17, 15) is 0 Å². The molecule has 1 saturated heterocycles. The van der Waals surface area contributed by atoms with E-state index in [1.807, 2.05) is 0 Å². The van der Waals surface area contributed by atoms with Crippen LogP contribution in [0, 0.1) is 0 Å². The van der Waals surface area contributed by atoms with E-state index in [2.05, 4.69) is 5.32 Å². The Morgan fingerprint density at radius 3 is 1.29 bits per heavy atom. The maximum absolute atomic E-state index is 8.44. The third kappa shape index (κ3) is 213. The van der Waals surface area contributed by atoms with Gasteiger partial charge in [-0.25, -0.2) is 0 Å². The van der Waals surface area contributed by atoms with Crippen LogP contribution in [0.1, 0.15) is 0 Å². The normalized spacial score (nSPS) is 13.7. The quantitative estimate of drug-likeness (QED) is 0.401. The summed E-state index contributed by atoms with van der Waals surface area (Å²) in [6.45, 7) is 2.50. The van der Waals surface area contributed by atoms with Crippen LogP contribution in [-0.4, -0.2) is 25.7 Å². The second kappa shape index (κ2) is 3.76. The smallest absolute Gasteiger partial charge is 0.314 e. The third-order valence-corrected chi connectivity index (χ3v) is 0.250. The van der Waals surface area contributed by atoms with Gasteiger partial charge in [-0.3, -0.25) is 0 Å². The van der Waals surface area contributed by atoms with Gasteiger partial charge in [0, 0.05) is 13.1 Å². The lowest BCUT2D eigenvalue weighted by Gasteiger charge is -1.21. The monoisotopic (exact) mass is 123 g/mol. The zero-order valence-corrected chi connectivity index (χ0v) is 4.36. The second-order valence-electron chi connectivity index (χ2n) is 0.954. The number of hydrogen-bond donors (Lipinski definition) is 1. The first-order valence-electron chi connectivity index (χ1n) is 1.71. The van der Waals surface area contributed by atoms with Crippen molar-refractivity contribution in [2.75, 3.05) is 13.1 Å². The summed E-state index contributed by atoms with van der Waals surface area (Å²) in [7, 11) is -3.11. The molecule has 0 atom stereocenters. The van der Waals surface area contributed by atoms with Crippen LogP contribution in [0.25, 0.3) is 0 Å². The van der Waals surface area contributed by atoms with Gasteiger partial charge in [-0.15, -0.1) is 12.6 Å². The lowest BCUT2D eigenvalue weighted by atomic mass is 11.0. The van der Waals surface area contributed by atoms with Crippen molar-refractivity contribution in [3.63, 3.8) is 0 Å². The van der Waals surface area contributed by atoms with E-state index in [1.165, 1.54) is 13.1 Å². The van der Waals surface area contributed by atoms with Gasteiger partial charge >= 0.3 is 10.6 Å². The number of nitrogens with one attached hydrogen (secondary N) is 1. The minimum atomic E-state index is -3.11. The minimum Gasteiger partial charge on any atom is -0.314 e. The van der Waals surface area contributed by atoms with Crippen molar-refractivity contribution in [2.45, 2.75) is 0 Å². The van der Waals surface area contributed by atoms with E-state index >= 15 is 0 Å². The Hall–Kier alpha value is -0.420. The summed E-state index contributed by atoms with van der Waals surface area (Å²) in [5.41, 5.74) is 0. The Labute approximate surface area is 42.6 Å². The molecule has 5 heteroatoms. The molecule has 1 aliphatic heterocycles. The van der Waals surface area contributed by atoms with Crippen molar-refractivity contribution in [1.82, 2.24) is 5.32 Å². The molecule has 0 bridgehead atoms. The molecule has 1 fully saturated rings. The molecule has 7 heavy (non-hydrogen) atoms. The topological polar surface area (TPSA) is 73.2 Å². The number of hydrogen-bond acceptors (Lipinski definition) is 4. The van der Waals surface area contributed by atoms with Crippen LogP contribution in [0.2, 0.25) is 0 Å². The molecule has 1 N–H and O–H groups in total. The fourth-order valence-electron chi connectivity index (χ4n) is 0. The molecule has 0 saturated carbocycles. The summed E-state index contributed by atoms with van der Waals surface area (Å²) in [4.78, 5) is 0. The van der Waals surface area contributed by atoms with Crippen LogP contribution < -0.4 is 5.32 Å². The highest BCUT2D eigenvalue weighted by Gasteiger charge is 1.91. The van der Waals surface area contributed by atoms with Crippen LogP contribution >= 0.6 is 0 Å². The maximum Gasteiger partial charge on any atom is 0.425 e. The average Bonchev–Trinajstić information content (AvgIpc) is 2.02. The van der Waals surface area contributed by atoms with Gasteiger partial charge < -0.3 is 5.32 Å². The molecular weight excluding hydrogens is 118 g/mol. The average molecular weight is 123 g/mol. The van der Waals surface area contributed by atoms with Crippen LogP contribution in [0.3, 0.4) is 0 Å². The highest BCUT2D eigenvalue weighted by molar-refractivity contribution is 7.59. The zero-order chi connectivity index (χ0) is 5.70. The van der Waals surface area contributed by atoms with Crippen molar-refractivity contribution in [2.24, 2.45) is 0 Å². The summed E-state index contributed by atoms with van der Waals surface area (Å²) in [5, 5.41) is 3.00. The van der Waals surface area contributed by atoms with Crippen molar-refractivity contribution in [1.29, 1.82) is 0 Å². The van der Waals surface area contributed by atoms with Gasteiger partial charge in [-0.05, 0) is 0 Å². The molecular formula is C2H5NO3S. The summed E-state index contributed by atoms with van der Waals surface area (Å²) in [5.74, 6) is 0. The van der Waals surface area contributed by atoms with E-state index in [0.717, 1.165) is 0 Å². The summed E-state index contributed by atoms with van der Waals surface area (Å²) in [6.07, 6.45) is 0. The predicted octanol–water partition coefficient (Wildman–Crippen LogP) is -1.41. The number of rotatable bonds is 0. The summed E-state index contributed by atoms with van der Waals surface area (Å²) in [6, 6.07) is 0. The first-order chi connectivity index (χ1) is 3.23. The van der Waals surface area contributed by atoms with E-state index < -0.39 is 10.6 Å². The predicted molar refractivity (Wildman–Crippen MR) is 22.6 cm³/mol. The molecule has 0 spiro atoms. The van der Waals surface area contributed by atoms with Crippen LogP contribution in [0.15, 0.2) is 0 Å². The van der Waals surface area contributed by atoms with Gasteiger partial charge in [0.1, 0.15) is 0 Å². The lowest BCUT2D eigenvalue weighted by molar-refractivity contribution is 0.559. The molecule has 0 amide bonds. The van der Waals surface area contributed by atoms with Crippen molar-refractivity contribution in [3.8, 4) is 0 Å². The van der Waals surface area contributed by atoms with Crippen LogP contribution in [0.4, 0.5) is 0 Å². The maximum atomic E-state index is 8.44. The first-order valence-corrected chi connectivity index (χ1v) is 2.71. The van der Waals surface area contributed by atoms with E-state index in [0.29, 0.717) is 0 Å². The van der Waals surface area contributed by atoms with Crippen molar-refractivity contribution in [3.05, 3.63) is 0 Å². The molecule has 1 heterocycles. The Kier molecular flexibility index (Phi) is 3.53. The lowest BCUT2D eigenvalue weighted by Crippen LogP contribution is -1.56. The Morgan fingerprint density at radius 1 is 1.14 bits per heavy atom. The highest BCUT2D eigenvalue weighted by atomic mass is 32.2. The fraction of sp³-hybridized carbons (Fsp3) is 1.00. The summed E-state index contributed by atoms with van der Waals surface area (Å²) >= 11 is 0. The fourth-order valence-corrected chi connectivity index (χ4v) is 0. The molecule has 42 valence electrons. The molecule has 0 aromatic heterocycles. The molecule has 1 aliphatic rings. The van der Waals surface area contributed by atoms with Gasteiger partial charge in [0.25, 0.3) is 0 Å². The molecule has 0 aromatic carbocycles. The Bertz CT molecular complexity index is 110. The van der Waals surface area contributed by atoms with Crippen LogP contribution in [0.5, 0.6) is 0 Å². The van der Waals surface area contributed by atoms with Gasteiger partial charge in [0.05, 0.1) is 0 Å². The van der Waals surface area contributed by atoms with E-state index in [1.54, 1.807) is 0 Å². The summed E-state index contributed by atoms with van der Waals surface area (Å²) < 4.78 is 25.3. The SMILES string of the molecule is C1CN1.O=S(=O)=O. The van der Waals surface area contributed by atoms with Crippen molar-refractivity contribution >= 4 is 10.6 Å². The van der Waals surface area contributed by atoms with Gasteiger partial charge in [-0.1, -0.05) is 0 Å². The first kappa shape index (κ1) is 6.58. The zero-order valence-electron chi connectivity index (χ0n) is 3.55. The highest BCUT2D eigenvalue weighted by Crippen LogP contribution is 1.65. The van der Waals surface area contributed by atoms with Gasteiger partial charge in [-0.2, -0.15) is 0 Å². The molecule has 4 nitrogen and oxygen atoms in total. The van der Waals surface area contributed by atoms with Gasteiger partial charge in [0.2, 0.25) is 0 Å². The minimum absolute atomic E-state index is 1.25. The largest absolute Gasteiger partial charge is 0.425 e.